The summed E-state index contributed by atoms with van der Waals surface area (Å²) in [5, 5.41) is 6.11. The van der Waals surface area contributed by atoms with Gasteiger partial charge in [-0.1, -0.05) is 18.2 Å². The van der Waals surface area contributed by atoms with Crippen molar-refractivity contribution in [3.63, 3.8) is 0 Å². The van der Waals surface area contributed by atoms with Gasteiger partial charge in [-0.2, -0.15) is 26.3 Å². The van der Waals surface area contributed by atoms with Gasteiger partial charge in [-0.05, 0) is 63.4 Å². The van der Waals surface area contributed by atoms with Crippen LogP contribution in [-0.2, 0) is 23.6 Å². The number of halogens is 6. The predicted octanol–water partition coefficient (Wildman–Crippen LogP) is 7.09. The zero-order valence-electron chi connectivity index (χ0n) is 22.1. The van der Waals surface area contributed by atoms with E-state index in [1.165, 1.54) is 0 Å². The van der Waals surface area contributed by atoms with Crippen molar-refractivity contribution in [2.24, 2.45) is 0 Å². The van der Waals surface area contributed by atoms with E-state index in [1.54, 1.807) is 49.9 Å². The standard InChI is InChI=1S/C27H29F6N5O2/c1-25(2,3)40-24(39)38-12-10-18(11-13-38)35-23-22(36-20-6-4-5-7-21(20)37-23)34-15-16-8-9-17(26(28,29)30)14-19(16)27(31,32)33/h4-9,14,18H,10-13,15H2,1-3H3,(H,34,36)(H,35,37). The fourth-order valence-corrected chi connectivity index (χ4v) is 4.30. The lowest BCUT2D eigenvalue weighted by Crippen LogP contribution is -2.44. The van der Waals surface area contributed by atoms with Crippen LogP contribution in [-0.4, -0.2) is 45.7 Å². The first-order chi connectivity index (χ1) is 18.6. The Hall–Kier alpha value is -3.77. The Morgan fingerprint density at radius 3 is 2.08 bits per heavy atom. The zero-order valence-corrected chi connectivity index (χ0v) is 22.1. The molecule has 13 heteroatoms. The molecule has 0 radical (unpaired) electrons. The molecule has 0 aliphatic carbocycles. The number of hydrogen-bond acceptors (Lipinski definition) is 6. The quantitative estimate of drug-likeness (QED) is 0.320. The van der Waals surface area contributed by atoms with Crippen molar-refractivity contribution >= 4 is 28.8 Å². The molecule has 1 aromatic heterocycles. The van der Waals surface area contributed by atoms with E-state index in [0.29, 0.717) is 43.0 Å². The van der Waals surface area contributed by atoms with Crippen LogP contribution in [0.4, 0.5) is 42.8 Å². The largest absolute Gasteiger partial charge is 0.444 e. The average molecular weight is 570 g/mol. The normalized spacial score (nSPS) is 15.3. The summed E-state index contributed by atoms with van der Waals surface area (Å²) in [5.41, 5.74) is -2.72. The van der Waals surface area contributed by atoms with Crippen LogP contribution in [0, 0.1) is 0 Å². The minimum Gasteiger partial charge on any atom is -0.444 e. The minimum atomic E-state index is -4.99. The first-order valence-corrected chi connectivity index (χ1v) is 12.6. The number of fused-ring (bicyclic) bond motifs is 1. The van der Waals surface area contributed by atoms with Gasteiger partial charge in [0.2, 0.25) is 0 Å². The second-order valence-electron chi connectivity index (χ2n) is 10.5. The lowest BCUT2D eigenvalue weighted by Gasteiger charge is -2.34. The van der Waals surface area contributed by atoms with E-state index >= 15 is 0 Å². The number of likely N-dealkylation sites (tertiary alicyclic amines) is 1. The van der Waals surface area contributed by atoms with Crippen molar-refractivity contribution in [1.82, 2.24) is 14.9 Å². The SMILES string of the molecule is CC(C)(C)OC(=O)N1CCC(Nc2nc3ccccc3nc2NCc2ccc(C(F)(F)F)cc2C(F)(F)F)CC1. The molecule has 40 heavy (non-hydrogen) atoms. The molecule has 1 aliphatic heterocycles. The lowest BCUT2D eigenvalue weighted by molar-refractivity contribution is -0.143. The molecular formula is C27H29F6N5O2. The highest BCUT2D eigenvalue weighted by Crippen LogP contribution is 2.38. The van der Waals surface area contributed by atoms with Gasteiger partial charge in [0.25, 0.3) is 0 Å². The van der Waals surface area contributed by atoms with Crippen LogP contribution in [0.3, 0.4) is 0 Å². The molecule has 1 amide bonds. The van der Waals surface area contributed by atoms with Gasteiger partial charge >= 0.3 is 18.4 Å². The van der Waals surface area contributed by atoms with E-state index in [-0.39, 0.29) is 29.3 Å². The van der Waals surface area contributed by atoms with E-state index in [9.17, 15) is 31.1 Å². The van der Waals surface area contributed by atoms with Crippen molar-refractivity contribution < 1.29 is 35.9 Å². The molecule has 0 bridgehead atoms. The van der Waals surface area contributed by atoms with Crippen molar-refractivity contribution in [2.75, 3.05) is 23.7 Å². The highest BCUT2D eigenvalue weighted by molar-refractivity contribution is 5.80. The molecule has 2 N–H and O–H groups in total. The molecule has 2 heterocycles. The maximum atomic E-state index is 13.6. The summed E-state index contributed by atoms with van der Waals surface area (Å²) >= 11 is 0. The summed E-state index contributed by atoms with van der Waals surface area (Å²) in [5.74, 6) is 0.441. The summed E-state index contributed by atoms with van der Waals surface area (Å²) < 4.78 is 85.6. The second-order valence-corrected chi connectivity index (χ2v) is 10.5. The highest BCUT2D eigenvalue weighted by Gasteiger charge is 2.38. The fraction of sp³-hybridized carbons (Fsp3) is 0.444. The number of hydrogen-bond donors (Lipinski definition) is 2. The first-order valence-electron chi connectivity index (χ1n) is 12.6. The van der Waals surface area contributed by atoms with E-state index in [2.05, 4.69) is 20.6 Å². The summed E-state index contributed by atoms with van der Waals surface area (Å²) in [6.45, 7) is 5.77. The third-order valence-electron chi connectivity index (χ3n) is 6.25. The van der Waals surface area contributed by atoms with Crippen LogP contribution in [0.25, 0.3) is 11.0 Å². The number of piperidine rings is 1. The number of amides is 1. The number of rotatable bonds is 5. The number of aromatic nitrogens is 2. The summed E-state index contributed by atoms with van der Waals surface area (Å²) in [7, 11) is 0. The molecule has 1 fully saturated rings. The molecule has 216 valence electrons. The van der Waals surface area contributed by atoms with E-state index in [0.717, 1.165) is 6.07 Å². The van der Waals surface area contributed by atoms with Crippen LogP contribution in [0.1, 0.15) is 50.3 Å². The Morgan fingerprint density at radius 1 is 0.925 bits per heavy atom. The Labute approximate surface area is 226 Å². The maximum absolute atomic E-state index is 13.6. The molecule has 1 aliphatic rings. The number of nitrogens with one attached hydrogen (secondary N) is 2. The van der Waals surface area contributed by atoms with Gasteiger partial charge in [0, 0.05) is 25.7 Å². The summed E-state index contributed by atoms with van der Waals surface area (Å²) in [6.07, 6.45) is -9.19. The second kappa shape index (κ2) is 11.0. The molecule has 0 unspecified atom stereocenters. The van der Waals surface area contributed by atoms with Crippen LogP contribution < -0.4 is 10.6 Å². The van der Waals surface area contributed by atoms with Crippen LogP contribution in [0.15, 0.2) is 42.5 Å². The van der Waals surface area contributed by atoms with E-state index < -0.39 is 41.7 Å². The number of benzene rings is 2. The lowest BCUT2D eigenvalue weighted by atomic mass is 10.0. The monoisotopic (exact) mass is 569 g/mol. The van der Waals surface area contributed by atoms with Crippen LogP contribution >= 0.6 is 0 Å². The fourth-order valence-electron chi connectivity index (χ4n) is 4.30. The van der Waals surface area contributed by atoms with Gasteiger partial charge in [0.05, 0.1) is 22.2 Å². The maximum Gasteiger partial charge on any atom is 0.416 e. The van der Waals surface area contributed by atoms with Gasteiger partial charge in [-0.25, -0.2) is 14.8 Å². The number of carbonyl (C=O) groups excluding carboxylic acids is 1. The Balaban J connectivity index is 1.54. The molecule has 0 saturated carbocycles. The van der Waals surface area contributed by atoms with Crippen molar-refractivity contribution in [3.8, 4) is 0 Å². The molecule has 0 atom stereocenters. The van der Waals surface area contributed by atoms with Crippen molar-refractivity contribution in [3.05, 3.63) is 59.2 Å². The van der Waals surface area contributed by atoms with Crippen molar-refractivity contribution in [1.29, 1.82) is 0 Å². The summed E-state index contributed by atoms with van der Waals surface area (Å²) in [6, 6.07) is 8.36. The number of nitrogens with zero attached hydrogens (tertiary/aromatic N) is 3. The summed E-state index contributed by atoms with van der Waals surface area (Å²) in [4.78, 5) is 23.1. The van der Waals surface area contributed by atoms with Gasteiger partial charge < -0.3 is 20.3 Å². The molecule has 2 aromatic carbocycles. The van der Waals surface area contributed by atoms with Gasteiger partial charge in [0.1, 0.15) is 5.60 Å². The van der Waals surface area contributed by atoms with Crippen LogP contribution in [0.5, 0.6) is 0 Å². The number of para-hydroxylation sites is 2. The van der Waals surface area contributed by atoms with Gasteiger partial charge in [-0.15, -0.1) is 0 Å². The Morgan fingerprint density at radius 2 is 1.52 bits per heavy atom. The van der Waals surface area contributed by atoms with Gasteiger partial charge in [-0.3, -0.25) is 0 Å². The van der Waals surface area contributed by atoms with E-state index in [1.807, 2.05) is 0 Å². The predicted molar refractivity (Wildman–Crippen MR) is 138 cm³/mol. The van der Waals surface area contributed by atoms with Gasteiger partial charge in [0.15, 0.2) is 11.6 Å². The number of alkyl halides is 6. The average Bonchev–Trinajstić information content (AvgIpc) is 2.85. The molecule has 4 rings (SSSR count). The zero-order chi connectivity index (χ0) is 29.3. The molecular weight excluding hydrogens is 540 g/mol. The van der Waals surface area contributed by atoms with Crippen LogP contribution in [0.2, 0.25) is 0 Å². The third kappa shape index (κ3) is 7.24. The first kappa shape index (κ1) is 29.2. The number of carbonyl (C=O) groups is 1. The third-order valence-corrected chi connectivity index (χ3v) is 6.25. The Kier molecular flexibility index (Phi) is 8.04. The molecule has 0 spiro atoms. The molecule has 7 nitrogen and oxygen atoms in total. The number of ether oxygens (including phenoxy) is 1. The molecule has 1 saturated heterocycles. The topological polar surface area (TPSA) is 79.4 Å². The molecule has 3 aromatic rings. The smallest absolute Gasteiger partial charge is 0.416 e. The van der Waals surface area contributed by atoms with E-state index in [4.69, 9.17) is 4.74 Å². The highest BCUT2D eigenvalue weighted by atomic mass is 19.4. The van der Waals surface area contributed by atoms with Crippen molar-refractivity contribution in [2.45, 2.75) is 64.2 Å². The minimum absolute atomic E-state index is 0.112. The Bertz CT molecular complexity index is 1360. The number of anilines is 2.